The summed E-state index contributed by atoms with van der Waals surface area (Å²) in [5, 5.41) is 3.22. The first kappa shape index (κ1) is 16.0. The van der Waals surface area contributed by atoms with Gasteiger partial charge in [0.25, 0.3) is 0 Å². The number of carbonyl (C=O) groups excluding carboxylic acids is 1. The average molecular weight is 290 g/mol. The Morgan fingerprint density at radius 2 is 2.00 bits per heavy atom. The van der Waals surface area contributed by atoms with Crippen LogP contribution in [0.5, 0.6) is 0 Å². The number of likely N-dealkylation sites (tertiary alicyclic amines) is 1. The Morgan fingerprint density at radius 1 is 1.29 bits per heavy atom. The van der Waals surface area contributed by atoms with Crippen LogP contribution in [0.25, 0.3) is 0 Å². The van der Waals surface area contributed by atoms with E-state index >= 15 is 0 Å². The molecule has 0 aromatic heterocycles. The molecule has 1 N–H and O–H groups in total. The van der Waals surface area contributed by atoms with Gasteiger partial charge in [0, 0.05) is 13.1 Å². The second kappa shape index (κ2) is 8.80. The zero-order chi connectivity index (χ0) is 14.9. The summed E-state index contributed by atoms with van der Waals surface area (Å²) in [4.78, 5) is 14.1. The molecule has 1 heterocycles. The van der Waals surface area contributed by atoms with E-state index in [0.29, 0.717) is 25.6 Å². The van der Waals surface area contributed by atoms with Gasteiger partial charge in [0.15, 0.2) is 0 Å². The molecule has 21 heavy (non-hydrogen) atoms. The molecule has 0 saturated carbocycles. The van der Waals surface area contributed by atoms with E-state index in [2.05, 4.69) is 5.32 Å². The molecular formula is C17H26N2O2. The number of benzene rings is 1. The van der Waals surface area contributed by atoms with Crippen LogP contribution in [0.15, 0.2) is 30.3 Å². The number of amides is 1. The van der Waals surface area contributed by atoms with E-state index in [1.54, 1.807) is 0 Å². The number of ether oxygens (including phenoxy) is 1. The fraction of sp³-hybridized carbons (Fsp3) is 0.588. The zero-order valence-corrected chi connectivity index (χ0v) is 12.9. The maximum atomic E-state index is 12.1. The number of nitrogens with one attached hydrogen (secondary N) is 1. The largest absolute Gasteiger partial charge is 0.376 e. The number of hydrogen-bond acceptors (Lipinski definition) is 3. The summed E-state index contributed by atoms with van der Waals surface area (Å²) in [5.41, 5.74) is 1.15. The topological polar surface area (TPSA) is 41.6 Å². The van der Waals surface area contributed by atoms with Gasteiger partial charge in [0.05, 0.1) is 19.6 Å². The molecule has 116 valence electrons. The van der Waals surface area contributed by atoms with Crippen LogP contribution in [0.3, 0.4) is 0 Å². The van der Waals surface area contributed by atoms with E-state index in [1.807, 2.05) is 42.3 Å². The number of carbonyl (C=O) groups is 1. The standard InChI is InChI=1S/C17H26N2O2/c1-18-13-15-7-10-19(11-8-15)17(20)9-12-21-14-16-5-3-2-4-6-16/h2-6,15,18H,7-14H2,1H3. The summed E-state index contributed by atoms with van der Waals surface area (Å²) in [7, 11) is 1.99. The molecule has 0 radical (unpaired) electrons. The number of piperidine rings is 1. The van der Waals surface area contributed by atoms with Crippen LogP contribution in [-0.4, -0.2) is 44.1 Å². The predicted molar refractivity (Wildman–Crippen MR) is 83.9 cm³/mol. The molecule has 4 nitrogen and oxygen atoms in total. The van der Waals surface area contributed by atoms with Crippen LogP contribution < -0.4 is 5.32 Å². The minimum Gasteiger partial charge on any atom is -0.376 e. The highest BCUT2D eigenvalue weighted by Crippen LogP contribution is 2.17. The Balaban J connectivity index is 1.60. The third-order valence-electron chi connectivity index (χ3n) is 4.03. The third kappa shape index (κ3) is 5.48. The lowest BCUT2D eigenvalue weighted by Crippen LogP contribution is -2.40. The summed E-state index contributed by atoms with van der Waals surface area (Å²) in [5.74, 6) is 0.944. The van der Waals surface area contributed by atoms with Crippen molar-refractivity contribution in [3.8, 4) is 0 Å². The molecule has 0 atom stereocenters. The van der Waals surface area contributed by atoms with Crippen molar-refractivity contribution in [2.45, 2.75) is 25.9 Å². The lowest BCUT2D eigenvalue weighted by molar-refractivity contribution is -0.133. The zero-order valence-electron chi connectivity index (χ0n) is 12.9. The van der Waals surface area contributed by atoms with Gasteiger partial charge >= 0.3 is 0 Å². The fourth-order valence-electron chi connectivity index (χ4n) is 2.76. The van der Waals surface area contributed by atoms with E-state index in [9.17, 15) is 4.79 Å². The molecular weight excluding hydrogens is 264 g/mol. The minimum atomic E-state index is 0.228. The number of hydrogen-bond donors (Lipinski definition) is 1. The molecule has 1 amide bonds. The van der Waals surface area contributed by atoms with Gasteiger partial charge < -0.3 is 15.0 Å². The van der Waals surface area contributed by atoms with Crippen molar-refractivity contribution >= 4 is 5.91 Å². The summed E-state index contributed by atoms with van der Waals surface area (Å²) >= 11 is 0. The third-order valence-corrected chi connectivity index (χ3v) is 4.03. The van der Waals surface area contributed by atoms with Crippen molar-refractivity contribution in [2.24, 2.45) is 5.92 Å². The van der Waals surface area contributed by atoms with E-state index in [-0.39, 0.29) is 5.91 Å². The molecule has 1 aromatic rings. The molecule has 1 aliphatic heterocycles. The van der Waals surface area contributed by atoms with Gasteiger partial charge in [0.1, 0.15) is 0 Å². The minimum absolute atomic E-state index is 0.228. The quantitative estimate of drug-likeness (QED) is 0.782. The normalized spacial score (nSPS) is 16.1. The second-order valence-corrected chi connectivity index (χ2v) is 5.67. The van der Waals surface area contributed by atoms with Crippen molar-refractivity contribution in [2.75, 3.05) is 33.3 Å². The molecule has 1 saturated heterocycles. The van der Waals surface area contributed by atoms with Crippen LogP contribution in [-0.2, 0) is 16.1 Å². The van der Waals surface area contributed by atoms with Crippen LogP contribution in [0.2, 0.25) is 0 Å². The highest BCUT2D eigenvalue weighted by atomic mass is 16.5. The first-order valence-corrected chi connectivity index (χ1v) is 7.83. The van der Waals surface area contributed by atoms with Gasteiger partial charge in [-0.1, -0.05) is 30.3 Å². The second-order valence-electron chi connectivity index (χ2n) is 5.67. The van der Waals surface area contributed by atoms with E-state index in [1.165, 1.54) is 0 Å². The van der Waals surface area contributed by atoms with E-state index < -0.39 is 0 Å². The first-order valence-electron chi connectivity index (χ1n) is 7.83. The van der Waals surface area contributed by atoms with Gasteiger partial charge in [-0.05, 0) is 37.9 Å². The molecule has 0 aliphatic carbocycles. The summed E-state index contributed by atoms with van der Waals surface area (Å²) in [6, 6.07) is 10.1. The Morgan fingerprint density at radius 3 is 2.67 bits per heavy atom. The van der Waals surface area contributed by atoms with Gasteiger partial charge in [-0.15, -0.1) is 0 Å². The summed E-state index contributed by atoms with van der Waals surface area (Å²) in [6.07, 6.45) is 2.71. The van der Waals surface area contributed by atoms with Gasteiger partial charge in [-0.25, -0.2) is 0 Å². The SMILES string of the molecule is CNCC1CCN(C(=O)CCOCc2ccccc2)CC1. The van der Waals surface area contributed by atoms with Crippen molar-refractivity contribution in [1.82, 2.24) is 10.2 Å². The maximum Gasteiger partial charge on any atom is 0.224 e. The van der Waals surface area contributed by atoms with Gasteiger partial charge in [-0.2, -0.15) is 0 Å². The lowest BCUT2D eigenvalue weighted by atomic mass is 9.97. The molecule has 0 bridgehead atoms. The highest BCUT2D eigenvalue weighted by Gasteiger charge is 2.21. The van der Waals surface area contributed by atoms with Crippen molar-refractivity contribution in [3.05, 3.63) is 35.9 Å². The first-order chi connectivity index (χ1) is 10.3. The molecule has 1 aliphatic rings. The molecule has 4 heteroatoms. The van der Waals surface area contributed by atoms with Crippen molar-refractivity contribution in [3.63, 3.8) is 0 Å². The average Bonchev–Trinajstić information content (AvgIpc) is 2.53. The number of rotatable bonds is 7. The maximum absolute atomic E-state index is 12.1. The highest BCUT2D eigenvalue weighted by molar-refractivity contribution is 5.76. The molecule has 2 rings (SSSR count). The fourth-order valence-corrected chi connectivity index (χ4v) is 2.76. The monoisotopic (exact) mass is 290 g/mol. The summed E-state index contributed by atoms with van der Waals surface area (Å²) < 4.78 is 5.58. The Hall–Kier alpha value is -1.39. The van der Waals surface area contributed by atoms with Crippen LogP contribution in [0.1, 0.15) is 24.8 Å². The van der Waals surface area contributed by atoms with E-state index in [0.717, 1.165) is 38.0 Å². The Labute approximate surface area is 127 Å². The predicted octanol–water partition coefficient (Wildman–Crippen LogP) is 2.05. The molecule has 0 unspecified atom stereocenters. The van der Waals surface area contributed by atoms with Crippen molar-refractivity contribution < 1.29 is 9.53 Å². The van der Waals surface area contributed by atoms with Crippen LogP contribution >= 0.6 is 0 Å². The Kier molecular flexibility index (Phi) is 6.70. The summed E-state index contributed by atoms with van der Waals surface area (Å²) in [6.45, 7) is 3.93. The van der Waals surface area contributed by atoms with Crippen molar-refractivity contribution in [1.29, 1.82) is 0 Å². The van der Waals surface area contributed by atoms with Gasteiger partial charge in [-0.3, -0.25) is 4.79 Å². The van der Waals surface area contributed by atoms with E-state index in [4.69, 9.17) is 4.74 Å². The molecule has 0 spiro atoms. The lowest BCUT2D eigenvalue weighted by Gasteiger charge is -2.32. The van der Waals surface area contributed by atoms with Crippen LogP contribution in [0.4, 0.5) is 0 Å². The molecule has 1 aromatic carbocycles. The number of nitrogens with zero attached hydrogens (tertiary/aromatic N) is 1. The smallest absolute Gasteiger partial charge is 0.224 e. The Bertz CT molecular complexity index is 414. The van der Waals surface area contributed by atoms with Gasteiger partial charge in [0.2, 0.25) is 5.91 Å². The molecule has 1 fully saturated rings. The van der Waals surface area contributed by atoms with Crippen LogP contribution in [0, 0.1) is 5.92 Å².